The third-order valence-electron chi connectivity index (χ3n) is 10.7. The number of aromatic nitrogens is 1. The fourth-order valence-electron chi connectivity index (χ4n) is 8.47. The van der Waals surface area contributed by atoms with Crippen molar-refractivity contribution in [1.29, 1.82) is 0 Å². The van der Waals surface area contributed by atoms with Crippen LogP contribution in [-0.4, -0.2) is 67.7 Å². The molecule has 5 nitrogen and oxygen atoms in total. The summed E-state index contributed by atoms with van der Waals surface area (Å²) in [7, 11) is 3.61. The summed E-state index contributed by atoms with van der Waals surface area (Å²) in [6.45, 7) is 5.80. The molecule has 216 valence electrons. The largest absolute Gasteiger partial charge is 0.383 e. The Morgan fingerprint density at radius 1 is 1.07 bits per heavy atom. The summed E-state index contributed by atoms with van der Waals surface area (Å²) in [5, 5.41) is 2.53. The standard InChI is InChI=1S/C35H48N2O3/c1-4-26(28-9-8-27-14-17-36-25-29(27)22-28)10-11-30-6-5-7-32-23-31-12-13-33(37(18-20-38-2)19-21-39-3)24-34(31)15-16-35(30,32)40-34/h7-9,14,17,22-23,25-26,30,33H,4-6,10-13,15-16,18-21,24H2,1-3H3/t26?,30-,33-,34+,35-/m0/s1. The summed E-state index contributed by atoms with van der Waals surface area (Å²) in [5.41, 5.74) is 4.37. The van der Waals surface area contributed by atoms with E-state index in [1.54, 1.807) is 19.8 Å². The molecular formula is C35H48N2O3. The minimum absolute atomic E-state index is 0.0796. The van der Waals surface area contributed by atoms with E-state index >= 15 is 0 Å². The van der Waals surface area contributed by atoms with Crippen molar-refractivity contribution in [2.24, 2.45) is 5.92 Å². The lowest BCUT2D eigenvalue weighted by Crippen LogP contribution is -2.53. The van der Waals surface area contributed by atoms with Gasteiger partial charge in [-0.1, -0.05) is 31.2 Å². The van der Waals surface area contributed by atoms with Gasteiger partial charge in [0.1, 0.15) is 0 Å². The average Bonchev–Trinajstić information content (AvgIpc) is 3.29. The molecule has 40 heavy (non-hydrogen) atoms. The Morgan fingerprint density at radius 3 is 2.73 bits per heavy atom. The highest BCUT2D eigenvalue weighted by atomic mass is 16.5. The van der Waals surface area contributed by atoms with Crippen LogP contribution in [0.15, 0.2) is 60.0 Å². The molecule has 1 aromatic carbocycles. The number of pyridine rings is 1. The second-order valence-electron chi connectivity index (χ2n) is 12.7. The third kappa shape index (κ3) is 5.19. The fraction of sp³-hybridized carbons (Fsp3) is 0.629. The van der Waals surface area contributed by atoms with Crippen LogP contribution in [0.25, 0.3) is 10.8 Å². The molecule has 2 aromatic rings. The van der Waals surface area contributed by atoms with Gasteiger partial charge in [0.05, 0.1) is 24.4 Å². The van der Waals surface area contributed by atoms with Crippen LogP contribution in [0.3, 0.4) is 0 Å². The van der Waals surface area contributed by atoms with E-state index in [-0.39, 0.29) is 11.2 Å². The predicted octanol–water partition coefficient (Wildman–Crippen LogP) is 7.22. The normalized spacial score (nSPS) is 30.1. The molecular weight excluding hydrogens is 496 g/mol. The number of methoxy groups -OCH3 is 2. The Labute approximate surface area is 241 Å². The van der Waals surface area contributed by atoms with Gasteiger partial charge in [-0.15, -0.1) is 0 Å². The van der Waals surface area contributed by atoms with Crippen molar-refractivity contribution in [2.75, 3.05) is 40.5 Å². The lowest BCUT2D eigenvalue weighted by molar-refractivity contribution is -0.125. The molecule has 0 radical (unpaired) electrons. The number of hydrogen-bond donors (Lipinski definition) is 0. The van der Waals surface area contributed by atoms with Crippen LogP contribution >= 0.6 is 0 Å². The van der Waals surface area contributed by atoms with Crippen molar-refractivity contribution in [3.63, 3.8) is 0 Å². The molecule has 2 bridgehead atoms. The van der Waals surface area contributed by atoms with Crippen LogP contribution in [0, 0.1) is 5.92 Å². The Hall–Kier alpha value is -2.05. The van der Waals surface area contributed by atoms with Gasteiger partial charge in [0.2, 0.25) is 0 Å². The highest BCUT2D eigenvalue weighted by Gasteiger charge is 2.60. The van der Waals surface area contributed by atoms with Crippen molar-refractivity contribution >= 4 is 10.8 Å². The Bertz CT molecular complexity index is 1230. The third-order valence-corrected chi connectivity index (χ3v) is 10.7. The molecule has 1 aromatic heterocycles. The van der Waals surface area contributed by atoms with Crippen molar-refractivity contribution in [1.82, 2.24) is 9.88 Å². The topological polar surface area (TPSA) is 43.8 Å². The summed E-state index contributed by atoms with van der Waals surface area (Å²) in [5.74, 6) is 1.17. The summed E-state index contributed by atoms with van der Waals surface area (Å²) in [6.07, 6.45) is 20.9. The van der Waals surface area contributed by atoms with Crippen molar-refractivity contribution in [2.45, 2.75) is 94.3 Å². The number of allylic oxidation sites excluding steroid dienone is 1. The van der Waals surface area contributed by atoms with E-state index in [0.717, 1.165) is 39.1 Å². The van der Waals surface area contributed by atoms with E-state index in [4.69, 9.17) is 14.2 Å². The van der Waals surface area contributed by atoms with Crippen LogP contribution in [-0.2, 0) is 14.2 Å². The SMILES string of the molecule is CCC(CC[C@@H]1CCC=C2C=C3CC[C@H](N(CCOC)CCOC)C[C@]34CC[C@@]21O4)c1ccc2ccncc2c1. The zero-order chi connectivity index (χ0) is 27.6. The number of ether oxygens (including phenoxy) is 3. The number of rotatable bonds is 12. The van der Waals surface area contributed by atoms with Gasteiger partial charge >= 0.3 is 0 Å². The maximum atomic E-state index is 7.48. The smallest absolute Gasteiger partial charge is 0.0969 e. The van der Waals surface area contributed by atoms with Gasteiger partial charge in [0, 0.05) is 51.1 Å². The van der Waals surface area contributed by atoms with E-state index in [1.165, 1.54) is 73.3 Å². The molecule has 0 N–H and O–H groups in total. The Kier molecular flexibility index (Phi) is 8.46. The van der Waals surface area contributed by atoms with E-state index in [0.29, 0.717) is 17.9 Å². The first kappa shape index (κ1) is 28.1. The van der Waals surface area contributed by atoms with E-state index in [1.807, 2.05) is 12.4 Å². The van der Waals surface area contributed by atoms with Crippen LogP contribution in [0.2, 0.25) is 0 Å². The van der Waals surface area contributed by atoms with Crippen molar-refractivity contribution in [3.8, 4) is 0 Å². The highest BCUT2D eigenvalue weighted by molar-refractivity contribution is 5.82. The van der Waals surface area contributed by atoms with Gasteiger partial charge in [0.15, 0.2) is 0 Å². The zero-order valence-corrected chi connectivity index (χ0v) is 24.9. The first-order chi connectivity index (χ1) is 19.6. The first-order valence-electron chi connectivity index (χ1n) is 15.8. The number of benzene rings is 1. The van der Waals surface area contributed by atoms with Gasteiger partial charge in [-0.25, -0.2) is 0 Å². The highest BCUT2D eigenvalue weighted by Crippen LogP contribution is 2.61. The van der Waals surface area contributed by atoms with Crippen LogP contribution in [0.4, 0.5) is 0 Å². The molecule has 2 aliphatic heterocycles. The van der Waals surface area contributed by atoms with E-state index in [9.17, 15) is 0 Å². The van der Waals surface area contributed by atoms with Crippen LogP contribution < -0.4 is 0 Å². The summed E-state index contributed by atoms with van der Waals surface area (Å²) in [4.78, 5) is 6.96. The number of fused-ring (bicyclic) bond motifs is 1. The van der Waals surface area contributed by atoms with Gasteiger partial charge in [0.25, 0.3) is 0 Å². The second kappa shape index (κ2) is 12.1. The Morgan fingerprint density at radius 2 is 1.93 bits per heavy atom. The van der Waals surface area contributed by atoms with Crippen molar-refractivity contribution in [3.05, 3.63) is 65.5 Å². The molecule has 1 saturated carbocycles. The van der Waals surface area contributed by atoms with Gasteiger partial charge in [-0.2, -0.15) is 0 Å². The maximum absolute atomic E-state index is 7.48. The molecule has 2 aliphatic carbocycles. The minimum atomic E-state index is -0.0842. The molecule has 3 heterocycles. The summed E-state index contributed by atoms with van der Waals surface area (Å²) < 4.78 is 18.4. The second-order valence-corrected chi connectivity index (χ2v) is 12.7. The predicted molar refractivity (Wildman–Crippen MR) is 162 cm³/mol. The molecule has 2 fully saturated rings. The Balaban J connectivity index is 1.19. The fourth-order valence-corrected chi connectivity index (χ4v) is 8.47. The molecule has 1 unspecified atom stereocenters. The lowest BCUT2D eigenvalue weighted by atomic mass is 9.69. The monoisotopic (exact) mass is 544 g/mol. The molecule has 5 atom stereocenters. The van der Waals surface area contributed by atoms with E-state index in [2.05, 4.69) is 53.2 Å². The van der Waals surface area contributed by atoms with Crippen LogP contribution in [0.1, 0.15) is 82.6 Å². The van der Waals surface area contributed by atoms with Crippen LogP contribution in [0.5, 0.6) is 0 Å². The summed E-state index contributed by atoms with van der Waals surface area (Å²) in [6, 6.07) is 9.63. The van der Waals surface area contributed by atoms with E-state index < -0.39 is 0 Å². The molecule has 5 heteroatoms. The maximum Gasteiger partial charge on any atom is 0.0969 e. The average molecular weight is 545 g/mol. The minimum Gasteiger partial charge on any atom is -0.383 e. The quantitative estimate of drug-likeness (QED) is 0.282. The van der Waals surface area contributed by atoms with Gasteiger partial charge < -0.3 is 14.2 Å². The number of hydrogen-bond acceptors (Lipinski definition) is 5. The molecule has 2 spiro atoms. The molecule has 1 saturated heterocycles. The number of nitrogens with zero attached hydrogens (tertiary/aromatic N) is 2. The van der Waals surface area contributed by atoms with Gasteiger partial charge in [-0.05, 0) is 110 Å². The molecule has 6 rings (SSSR count). The van der Waals surface area contributed by atoms with Gasteiger partial charge in [-0.3, -0.25) is 9.88 Å². The summed E-state index contributed by atoms with van der Waals surface area (Å²) >= 11 is 0. The van der Waals surface area contributed by atoms with Crippen molar-refractivity contribution < 1.29 is 14.2 Å². The first-order valence-corrected chi connectivity index (χ1v) is 15.8. The zero-order valence-electron chi connectivity index (χ0n) is 24.9. The lowest BCUT2D eigenvalue weighted by Gasteiger charge is -2.51. The molecule has 4 aliphatic rings. The molecule has 0 amide bonds.